The molecule has 0 aliphatic rings. The molecule has 160 valence electrons. The lowest BCUT2D eigenvalue weighted by Gasteiger charge is -2.19. The Kier molecular flexibility index (Phi) is 7.76. The van der Waals surface area contributed by atoms with Crippen LogP contribution in [0.15, 0.2) is 53.4 Å². The first kappa shape index (κ1) is 22.2. The van der Waals surface area contributed by atoms with Crippen LogP contribution in [-0.2, 0) is 11.3 Å². The maximum absolute atomic E-state index is 12.9. The second-order valence-electron chi connectivity index (χ2n) is 7.03. The number of para-hydroxylation sites is 2. The van der Waals surface area contributed by atoms with Crippen molar-refractivity contribution in [3.8, 4) is 5.75 Å². The number of ether oxygens (including phenoxy) is 1. The summed E-state index contributed by atoms with van der Waals surface area (Å²) in [5.41, 5.74) is 1.93. The maximum atomic E-state index is 12.9. The SMILES string of the molecule is CCN(CC)CCn1c(NC(=O)C(C)Sc2ccc(OC)cc2)nc2ccccc21. The highest BCUT2D eigenvalue weighted by molar-refractivity contribution is 8.00. The number of fused-ring (bicyclic) bond motifs is 1. The third kappa shape index (κ3) is 5.34. The van der Waals surface area contributed by atoms with Crippen molar-refractivity contribution in [1.82, 2.24) is 14.5 Å². The molecule has 1 atom stereocenters. The number of likely N-dealkylation sites (N-methyl/N-ethyl adjacent to an activating group) is 1. The van der Waals surface area contributed by atoms with Gasteiger partial charge in [-0.3, -0.25) is 10.1 Å². The summed E-state index contributed by atoms with van der Waals surface area (Å²) in [6.07, 6.45) is 0. The molecule has 0 saturated heterocycles. The summed E-state index contributed by atoms with van der Waals surface area (Å²) in [7, 11) is 1.64. The van der Waals surface area contributed by atoms with Crippen molar-refractivity contribution in [3.63, 3.8) is 0 Å². The summed E-state index contributed by atoms with van der Waals surface area (Å²) < 4.78 is 7.30. The van der Waals surface area contributed by atoms with Gasteiger partial charge in [0.15, 0.2) is 0 Å². The number of aromatic nitrogens is 2. The number of nitrogens with zero attached hydrogens (tertiary/aromatic N) is 3. The Morgan fingerprint density at radius 3 is 2.53 bits per heavy atom. The van der Waals surface area contributed by atoms with Crippen molar-refractivity contribution in [3.05, 3.63) is 48.5 Å². The monoisotopic (exact) mass is 426 g/mol. The van der Waals surface area contributed by atoms with Crippen LogP contribution in [0.5, 0.6) is 5.75 Å². The highest BCUT2D eigenvalue weighted by Gasteiger charge is 2.19. The number of amides is 1. The molecule has 0 saturated carbocycles. The van der Waals surface area contributed by atoms with E-state index in [4.69, 9.17) is 4.74 Å². The van der Waals surface area contributed by atoms with Crippen LogP contribution in [0.1, 0.15) is 20.8 Å². The van der Waals surface area contributed by atoms with Crippen LogP contribution in [0.2, 0.25) is 0 Å². The molecule has 2 aromatic carbocycles. The zero-order chi connectivity index (χ0) is 21.5. The number of rotatable bonds is 10. The zero-order valence-corrected chi connectivity index (χ0v) is 18.9. The lowest BCUT2D eigenvalue weighted by Crippen LogP contribution is -2.29. The fraction of sp³-hybridized carbons (Fsp3) is 0.391. The molecular formula is C23H30N4O2S. The summed E-state index contributed by atoms with van der Waals surface area (Å²) in [6, 6.07) is 15.7. The molecule has 0 fully saturated rings. The van der Waals surface area contributed by atoms with Crippen molar-refractivity contribution in [1.29, 1.82) is 0 Å². The minimum atomic E-state index is -0.255. The number of benzene rings is 2. The van der Waals surface area contributed by atoms with E-state index in [1.165, 1.54) is 11.8 Å². The number of nitrogens with one attached hydrogen (secondary N) is 1. The fourth-order valence-corrected chi connectivity index (χ4v) is 4.17. The zero-order valence-electron chi connectivity index (χ0n) is 18.1. The highest BCUT2D eigenvalue weighted by atomic mass is 32.2. The standard InChI is InChI=1S/C23H30N4O2S/c1-5-26(6-2)15-16-27-21-10-8-7-9-20(21)24-23(27)25-22(28)17(3)30-19-13-11-18(29-4)12-14-19/h7-14,17H,5-6,15-16H2,1-4H3,(H,24,25,28). The van der Waals surface area contributed by atoms with Gasteiger partial charge in [0.25, 0.3) is 0 Å². The molecule has 30 heavy (non-hydrogen) atoms. The van der Waals surface area contributed by atoms with Crippen LogP contribution in [0.3, 0.4) is 0 Å². The quantitative estimate of drug-likeness (QED) is 0.484. The van der Waals surface area contributed by atoms with Gasteiger partial charge < -0.3 is 14.2 Å². The molecule has 0 spiro atoms. The van der Waals surface area contributed by atoms with Crippen molar-refractivity contribution < 1.29 is 9.53 Å². The molecular weight excluding hydrogens is 396 g/mol. The first-order valence-corrected chi connectivity index (χ1v) is 11.2. The average molecular weight is 427 g/mol. The van der Waals surface area contributed by atoms with Crippen LogP contribution in [0, 0.1) is 0 Å². The predicted molar refractivity (Wildman–Crippen MR) is 124 cm³/mol. The number of thioether (sulfide) groups is 1. The lowest BCUT2D eigenvalue weighted by molar-refractivity contribution is -0.115. The first-order chi connectivity index (χ1) is 14.5. The normalized spacial score (nSPS) is 12.3. The number of methoxy groups -OCH3 is 1. The third-order valence-corrected chi connectivity index (χ3v) is 6.28. The second kappa shape index (κ2) is 10.5. The van der Waals surface area contributed by atoms with Crippen LogP contribution < -0.4 is 10.1 Å². The van der Waals surface area contributed by atoms with Gasteiger partial charge in [-0.2, -0.15) is 0 Å². The molecule has 0 aliphatic heterocycles. The molecule has 3 rings (SSSR count). The molecule has 0 bridgehead atoms. The molecule has 1 aromatic heterocycles. The van der Waals surface area contributed by atoms with E-state index in [1.807, 2.05) is 49.4 Å². The summed E-state index contributed by atoms with van der Waals surface area (Å²) >= 11 is 1.52. The molecule has 0 aliphatic carbocycles. The van der Waals surface area contributed by atoms with Gasteiger partial charge >= 0.3 is 0 Å². The number of imidazole rings is 1. The van der Waals surface area contributed by atoms with Gasteiger partial charge in [0.05, 0.1) is 23.4 Å². The summed E-state index contributed by atoms with van der Waals surface area (Å²) in [5.74, 6) is 1.35. The highest BCUT2D eigenvalue weighted by Crippen LogP contribution is 2.27. The van der Waals surface area contributed by atoms with E-state index >= 15 is 0 Å². The van der Waals surface area contributed by atoms with Gasteiger partial charge in [-0.05, 0) is 56.4 Å². The van der Waals surface area contributed by atoms with E-state index in [1.54, 1.807) is 7.11 Å². The molecule has 1 unspecified atom stereocenters. The Bertz CT molecular complexity index is 967. The number of anilines is 1. The number of carbonyl (C=O) groups excluding carboxylic acids is 1. The second-order valence-corrected chi connectivity index (χ2v) is 8.44. The fourth-order valence-electron chi connectivity index (χ4n) is 3.30. The van der Waals surface area contributed by atoms with Gasteiger partial charge in [0.1, 0.15) is 5.75 Å². The van der Waals surface area contributed by atoms with E-state index in [9.17, 15) is 4.79 Å². The predicted octanol–water partition coefficient (Wildman–Crippen LogP) is 4.51. The van der Waals surface area contributed by atoms with Gasteiger partial charge in [-0.15, -0.1) is 11.8 Å². The van der Waals surface area contributed by atoms with E-state index in [2.05, 4.69) is 39.7 Å². The minimum Gasteiger partial charge on any atom is -0.497 e. The summed E-state index contributed by atoms with van der Waals surface area (Å²) in [5, 5.41) is 2.80. The first-order valence-electron chi connectivity index (χ1n) is 10.3. The molecule has 1 amide bonds. The maximum Gasteiger partial charge on any atom is 0.239 e. The van der Waals surface area contributed by atoms with Gasteiger partial charge in [-0.1, -0.05) is 26.0 Å². The van der Waals surface area contributed by atoms with Crippen LogP contribution >= 0.6 is 11.8 Å². The number of carbonyl (C=O) groups is 1. The smallest absolute Gasteiger partial charge is 0.239 e. The Balaban J connectivity index is 1.74. The molecule has 7 heteroatoms. The Morgan fingerprint density at radius 2 is 1.87 bits per heavy atom. The Morgan fingerprint density at radius 1 is 1.17 bits per heavy atom. The molecule has 6 nitrogen and oxygen atoms in total. The van der Waals surface area contributed by atoms with E-state index in [0.717, 1.165) is 47.9 Å². The number of hydrogen-bond acceptors (Lipinski definition) is 5. The van der Waals surface area contributed by atoms with Gasteiger partial charge in [0.2, 0.25) is 11.9 Å². The molecule has 1 heterocycles. The largest absolute Gasteiger partial charge is 0.497 e. The van der Waals surface area contributed by atoms with Crippen molar-refractivity contribution >= 4 is 34.7 Å². The summed E-state index contributed by atoms with van der Waals surface area (Å²) in [6.45, 7) is 9.92. The van der Waals surface area contributed by atoms with Crippen LogP contribution in [0.25, 0.3) is 11.0 Å². The third-order valence-electron chi connectivity index (χ3n) is 5.17. The average Bonchev–Trinajstić information content (AvgIpc) is 3.12. The minimum absolute atomic E-state index is 0.0600. The van der Waals surface area contributed by atoms with Gasteiger partial charge in [-0.25, -0.2) is 4.98 Å². The van der Waals surface area contributed by atoms with Crippen LogP contribution in [-0.4, -0.2) is 52.4 Å². The van der Waals surface area contributed by atoms with E-state index in [-0.39, 0.29) is 11.2 Å². The lowest BCUT2D eigenvalue weighted by atomic mass is 10.3. The Hall–Kier alpha value is -2.51. The number of hydrogen-bond donors (Lipinski definition) is 1. The van der Waals surface area contributed by atoms with Crippen molar-refractivity contribution in [2.45, 2.75) is 37.5 Å². The Labute approximate surface area is 182 Å². The molecule has 3 aromatic rings. The summed E-state index contributed by atoms with van der Waals surface area (Å²) in [4.78, 5) is 21.0. The van der Waals surface area contributed by atoms with Crippen molar-refractivity contribution in [2.75, 3.05) is 32.1 Å². The van der Waals surface area contributed by atoms with Gasteiger partial charge in [0, 0.05) is 18.0 Å². The molecule has 0 radical (unpaired) electrons. The topological polar surface area (TPSA) is 59.4 Å². The van der Waals surface area contributed by atoms with Crippen molar-refractivity contribution in [2.24, 2.45) is 0 Å². The van der Waals surface area contributed by atoms with Crippen LogP contribution in [0.4, 0.5) is 5.95 Å². The van der Waals surface area contributed by atoms with E-state index < -0.39 is 0 Å². The van der Waals surface area contributed by atoms with E-state index in [0.29, 0.717) is 5.95 Å². The molecule has 1 N–H and O–H groups in total.